The molecule has 2 unspecified atom stereocenters. The van der Waals surface area contributed by atoms with Crippen molar-refractivity contribution in [1.82, 2.24) is 10.2 Å². The highest BCUT2D eigenvalue weighted by atomic mass is 15.1. The van der Waals surface area contributed by atoms with E-state index in [-0.39, 0.29) is 0 Å². The van der Waals surface area contributed by atoms with Gasteiger partial charge in [0.05, 0.1) is 0 Å². The van der Waals surface area contributed by atoms with Crippen LogP contribution in [0.3, 0.4) is 0 Å². The van der Waals surface area contributed by atoms with Gasteiger partial charge in [-0.05, 0) is 56.8 Å². The van der Waals surface area contributed by atoms with Crippen LogP contribution in [-0.2, 0) is 0 Å². The second-order valence-corrected chi connectivity index (χ2v) is 6.46. The van der Waals surface area contributed by atoms with Crippen molar-refractivity contribution < 1.29 is 0 Å². The molecule has 2 heteroatoms. The second kappa shape index (κ2) is 4.30. The van der Waals surface area contributed by atoms with Crippen molar-refractivity contribution in [2.75, 3.05) is 33.2 Å². The van der Waals surface area contributed by atoms with E-state index in [2.05, 4.69) is 17.3 Å². The van der Waals surface area contributed by atoms with E-state index in [1.807, 2.05) is 0 Å². The minimum atomic E-state index is 0.689. The summed E-state index contributed by atoms with van der Waals surface area (Å²) in [7, 11) is 2.31. The summed E-state index contributed by atoms with van der Waals surface area (Å²) in [6, 6.07) is 0. The van der Waals surface area contributed by atoms with Gasteiger partial charge < -0.3 is 10.2 Å². The third-order valence-corrected chi connectivity index (χ3v) is 5.50. The van der Waals surface area contributed by atoms with Crippen LogP contribution in [0.4, 0.5) is 0 Å². The Labute approximate surface area is 99.8 Å². The molecule has 2 nitrogen and oxygen atoms in total. The van der Waals surface area contributed by atoms with Gasteiger partial charge in [0, 0.05) is 6.54 Å². The smallest absolute Gasteiger partial charge is 0.00391 e. The number of nitrogens with one attached hydrogen (secondary N) is 1. The molecule has 2 aliphatic heterocycles. The van der Waals surface area contributed by atoms with Crippen LogP contribution < -0.4 is 5.32 Å². The molecule has 0 bridgehead atoms. The van der Waals surface area contributed by atoms with Gasteiger partial charge in [-0.1, -0.05) is 25.7 Å². The van der Waals surface area contributed by atoms with Crippen molar-refractivity contribution in [2.45, 2.75) is 38.5 Å². The summed E-state index contributed by atoms with van der Waals surface area (Å²) in [5, 5.41) is 3.66. The van der Waals surface area contributed by atoms with Crippen LogP contribution in [0.15, 0.2) is 0 Å². The van der Waals surface area contributed by atoms with E-state index in [0.29, 0.717) is 5.41 Å². The van der Waals surface area contributed by atoms with E-state index < -0.39 is 0 Å². The largest absolute Gasteiger partial charge is 0.316 e. The summed E-state index contributed by atoms with van der Waals surface area (Å²) in [6.45, 7) is 5.27. The fraction of sp³-hybridized carbons (Fsp3) is 1.00. The van der Waals surface area contributed by atoms with Crippen molar-refractivity contribution in [2.24, 2.45) is 17.3 Å². The zero-order valence-electron chi connectivity index (χ0n) is 10.7. The van der Waals surface area contributed by atoms with Gasteiger partial charge in [-0.2, -0.15) is 0 Å². The normalized spacial score (nSPS) is 42.2. The molecular formula is C14H26N2. The lowest BCUT2D eigenvalue weighted by atomic mass is 9.64. The lowest BCUT2D eigenvalue weighted by Crippen LogP contribution is -2.49. The van der Waals surface area contributed by atoms with Gasteiger partial charge in [0.25, 0.3) is 0 Å². The van der Waals surface area contributed by atoms with Crippen molar-refractivity contribution in [3.63, 3.8) is 0 Å². The number of rotatable bonds is 1. The molecule has 0 aromatic rings. The number of hydrogen-bond acceptors (Lipinski definition) is 2. The molecule has 2 atom stereocenters. The molecule has 0 aromatic carbocycles. The molecule has 3 aliphatic rings. The zero-order valence-corrected chi connectivity index (χ0v) is 10.7. The van der Waals surface area contributed by atoms with E-state index in [1.165, 1.54) is 64.7 Å². The van der Waals surface area contributed by atoms with Gasteiger partial charge >= 0.3 is 0 Å². The summed E-state index contributed by atoms with van der Waals surface area (Å²) in [5.41, 5.74) is 0.689. The average Bonchev–Trinajstić information content (AvgIpc) is 2.90. The van der Waals surface area contributed by atoms with E-state index in [1.54, 1.807) is 0 Å². The summed E-state index contributed by atoms with van der Waals surface area (Å²) in [5.74, 6) is 2.02. The molecule has 3 rings (SSSR count). The van der Waals surface area contributed by atoms with Crippen molar-refractivity contribution in [1.29, 1.82) is 0 Å². The second-order valence-electron chi connectivity index (χ2n) is 6.46. The molecule has 1 spiro atoms. The van der Waals surface area contributed by atoms with Crippen LogP contribution in [0.2, 0.25) is 0 Å². The van der Waals surface area contributed by atoms with Crippen LogP contribution in [0.1, 0.15) is 38.5 Å². The van der Waals surface area contributed by atoms with Gasteiger partial charge in [0.1, 0.15) is 0 Å². The molecule has 1 saturated carbocycles. The van der Waals surface area contributed by atoms with Gasteiger partial charge in [-0.25, -0.2) is 0 Å². The summed E-state index contributed by atoms with van der Waals surface area (Å²) in [4.78, 5) is 2.56. The number of piperidine rings is 1. The first kappa shape index (κ1) is 11.0. The molecule has 2 heterocycles. The molecular weight excluding hydrogens is 196 g/mol. The van der Waals surface area contributed by atoms with Crippen molar-refractivity contribution in [3.05, 3.63) is 0 Å². The van der Waals surface area contributed by atoms with E-state index >= 15 is 0 Å². The zero-order chi connectivity index (χ0) is 11.0. The van der Waals surface area contributed by atoms with E-state index in [0.717, 1.165) is 11.8 Å². The Kier molecular flexibility index (Phi) is 2.97. The summed E-state index contributed by atoms with van der Waals surface area (Å²) in [6.07, 6.45) is 8.90. The first-order valence-electron chi connectivity index (χ1n) is 7.19. The highest BCUT2D eigenvalue weighted by molar-refractivity contribution is 5.00. The van der Waals surface area contributed by atoms with Crippen LogP contribution in [0, 0.1) is 17.3 Å². The van der Waals surface area contributed by atoms with Gasteiger partial charge in [0.2, 0.25) is 0 Å². The van der Waals surface area contributed by atoms with Crippen LogP contribution in [-0.4, -0.2) is 38.1 Å². The van der Waals surface area contributed by atoms with Crippen LogP contribution >= 0.6 is 0 Å². The van der Waals surface area contributed by atoms with Gasteiger partial charge in [0.15, 0.2) is 0 Å². The van der Waals surface area contributed by atoms with E-state index in [9.17, 15) is 0 Å². The predicted molar refractivity (Wildman–Crippen MR) is 67.5 cm³/mol. The standard InChI is InChI=1S/C14H26N2/c1-16-9-7-14(11-16)6-8-15-10-13(14)12-4-2-3-5-12/h12-13,15H,2-11H2,1H3. The maximum Gasteiger partial charge on any atom is 0.00391 e. The minimum Gasteiger partial charge on any atom is -0.316 e. The molecule has 1 aliphatic carbocycles. The minimum absolute atomic E-state index is 0.689. The Morgan fingerprint density at radius 2 is 2.00 bits per heavy atom. The lowest BCUT2D eigenvalue weighted by molar-refractivity contribution is 0.0701. The number of nitrogens with zero attached hydrogens (tertiary/aromatic N) is 1. The van der Waals surface area contributed by atoms with Gasteiger partial charge in [-0.3, -0.25) is 0 Å². The summed E-state index contributed by atoms with van der Waals surface area (Å²) < 4.78 is 0. The molecule has 2 saturated heterocycles. The lowest BCUT2D eigenvalue weighted by Gasteiger charge is -2.45. The number of hydrogen-bond donors (Lipinski definition) is 1. The maximum atomic E-state index is 3.66. The molecule has 0 aromatic heterocycles. The molecule has 1 N–H and O–H groups in total. The van der Waals surface area contributed by atoms with Crippen LogP contribution in [0.25, 0.3) is 0 Å². The van der Waals surface area contributed by atoms with Crippen LogP contribution in [0.5, 0.6) is 0 Å². The monoisotopic (exact) mass is 222 g/mol. The fourth-order valence-electron chi connectivity index (χ4n) is 4.64. The highest BCUT2D eigenvalue weighted by Crippen LogP contribution is 2.49. The Balaban J connectivity index is 1.77. The Morgan fingerprint density at radius 3 is 2.69 bits per heavy atom. The quantitative estimate of drug-likeness (QED) is 0.731. The molecule has 3 fully saturated rings. The molecule has 16 heavy (non-hydrogen) atoms. The number of likely N-dealkylation sites (tertiary alicyclic amines) is 1. The van der Waals surface area contributed by atoms with Crippen molar-refractivity contribution in [3.8, 4) is 0 Å². The SMILES string of the molecule is CN1CCC2(CCNCC2C2CCCC2)C1. The third-order valence-electron chi connectivity index (χ3n) is 5.50. The molecule has 92 valence electrons. The topological polar surface area (TPSA) is 15.3 Å². The summed E-state index contributed by atoms with van der Waals surface area (Å²) >= 11 is 0. The van der Waals surface area contributed by atoms with E-state index in [4.69, 9.17) is 0 Å². The Bertz CT molecular complexity index is 243. The Hall–Kier alpha value is -0.0800. The Morgan fingerprint density at radius 1 is 1.19 bits per heavy atom. The van der Waals surface area contributed by atoms with Gasteiger partial charge in [-0.15, -0.1) is 0 Å². The third kappa shape index (κ3) is 1.80. The average molecular weight is 222 g/mol. The van der Waals surface area contributed by atoms with Crippen molar-refractivity contribution >= 4 is 0 Å². The molecule has 0 radical (unpaired) electrons. The first-order valence-corrected chi connectivity index (χ1v) is 7.19. The maximum absolute atomic E-state index is 3.66. The predicted octanol–water partition coefficient (Wildman–Crippen LogP) is 2.11. The molecule has 0 amide bonds. The fourth-order valence-corrected chi connectivity index (χ4v) is 4.64. The first-order chi connectivity index (χ1) is 7.80. The highest BCUT2D eigenvalue weighted by Gasteiger charge is 2.47.